The summed E-state index contributed by atoms with van der Waals surface area (Å²) >= 11 is 0. The van der Waals surface area contributed by atoms with Crippen LogP contribution in [-0.2, 0) is 17.6 Å². The number of para-hydroxylation sites is 2. The predicted octanol–water partition coefficient (Wildman–Crippen LogP) is 5.11. The number of likely N-dealkylation sites (N-methyl/N-ethyl adjacent to an activating group) is 1. The van der Waals surface area contributed by atoms with E-state index in [9.17, 15) is 14.7 Å². The van der Waals surface area contributed by atoms with Crippen LogP contribution in [0.2, 0.25) is 0 Å². The number of carbonyl (C=O) groups is 2. The molecule has 8 nitrogen and oxygen atoms in total. The average molecular weight is 540 g/mol. The molecule has 0 bridgehead atoms. The van der Waals surface area contributed by atoms with Gasteiger partial charge in [-0.25, -0.2) is 9.59 Å². The molecule has 0 aliphatic carbocycles. The van der Waals surface area contributed by atoms with Crippen LogP contribution in [0.1, 0.15) is 24.6 Å². The second kappa shape index (κ2) is 11.3. The van der Waals surface area contributed by atoms with Crippen LogP contribution in [0, 0.1) is 0 Å². The second-order valence-corrected chi connectivity index (χ2v) is 10.5. The highest BCUT2D eigenvalue weighted by molar-refractivity contribution is 5.79. The molecule has 40 heavy (non-hydrogen) atoms. The Morgan fingerprint density at radius 3 is 2.42 bits per heavy atom. The van der Waals surface area contributed by atoms with Crippen LogP contribution in [0.3, 0.4) is 0 Å². The fourth-order valence-electron chi connectivity index (χ4n) is 5.12. The third-order valence-corrected chi connectivity index (χ3v) is 7.59. The van der Waals surface area contributed by atoms with E-state index in [0.29, 0.717) is 37.5 Å². The summed E-state index contributed by atoms with van der Waals surface area (Å²) in [7, 11) is 1.81. The molecule has 1 aliphatic rings. The number of rotatable bonds is 11. The maximum Gasteiger partial charge on any atom is 0.348 e. The number of fused-ring (bicyclic) bond motifs is 1. The summed E-state index contributed by atoms with van der Waals surface area (Å²) in [4.78, 5) is 31.1. The predicted molar refractivity (Wildman–Crippen MR) is 153 cm³/mol. The number of pyridine rings is 1. The molecule has 1 saturated heterocycles. The van der Waals surface area contributed by atoms with Gasteiger partial charge in [-0.2, -0.15) is 0 Å². The van der Waals surface area contributed by atoms with E-state index in [4.69, 9.17) is 14.5 Å². The molecule has 5 rings (SSSR count). The Balaban J connectivity index is 1.23. The zero-order valence-electron chi connectivity index (χ0n) is 22.7. The van der Waals surface area contributed by atoms with E-state index in [1.165, 1.54) is 0 Å². The van der Waals surface area contributed by atoms with Gasteiger partial charge in [0.15, 0.2) is 0 Å². The molecule has 0 saturated carbocycles. The van der Waals surface area contributed by atoms with Gasteiger partial charge < -0.3 is 24.8 Å². The number of urea groups is 1. The molecular formula is C32H33N3O5. The van der Waals surface area contributed by atoms with Crippen LogP contribution in [0.5, 0.6) is 11.5 Å². The van der Waals surface area contributed by atoms with Gasteiger partial charge in [-0.15, -0.1) is 0 Å². The van der Waals surface area contributed by atoms with E-state index in [1.807, 2.05) is 79.8 Å². The quantitative estimate of drug-likeness (QED) is 0.275. The number of hydrogen-bond donors (Lipinski definition) is 2. The minimum absolute atomic E-state index is 0.107. The largest absolute Gasteiger partial charge is 0.494 e. The highest BCUT2D eigenvalue weighted by atomic mass is 16.5. The van der Waals surface area contributed by atoms with E-state index in [-0.39, 0.29) is 12.5 Å². The van der Waals surface area contributed by atoms with E-state index in [0.717, 1.165) is 22.2 Å². The molecule has 1 aromatic heterocycles. The van der Waals surface area contributed by atoms with Gasteiger partial charge in [0.1, 0.15) is 11.5 Å². The van der Waals surface area contributed by atoms with Crippen LogP contribution in [0.25, 0.3) is 10.9 Å². The first-order valence-electron chi connectivity index (χ1n) is 13.3. The van der Waals surface area contributed by atoms with Crippen molar-refractivity contribution in [2.45, 2.75) is 37.3 Å². The molecule has 0 radical (unpaired) electrons. The Hall–Kier alpha value is -4.59. The molecule has 2 atom stereocenters. The zero-order valence-corrected chi connectivity index (χ0v) is 22.7. The molecule has 2 unspecified atom stereocenters. The summed E-state index contributed by atoms with van der Waals surface area (Å²) in [5, 5.41) is 13.9. The molecule has 4 aromatic rings. The minimum Gasteiger partial charge on any atom is -0.494 e. The topological polar surface area (TPSA) is 101 Å². The lowest BCUT2D eigenvalue weighted by molar-refractivity contribution is -0.153. The van der Waals surface area contributed by atoms with Crippen LogP contribution < -0.4 is 14.8 Å². The van der Waals surface area contributed by atoms with Crippen molar-refractivity contribution in [2.75, 3.05) is 20.2 Å². The summed E-state index contributed by atoms with van der Waals surface area (Å²) in [6.07, 6.45) is 1.41. The average Bonchev–Trinajstić information content (AvgIpc) is 3.23. The lowest BCUT2D eigenvalue weighted by atomic mass is 9.89. The van der Waals surface area contributed by atoms with E-state index in [2.05, 4.69) is 11.4 Å². The van der Waals surface area contributed by atoms with Gasteiger partial charge in [-0.1, -0.05) is 54.6 Å². The number of carboxylic acid groups (broad SMARTS) is 1. The molecule has 1 fully saturated rings. The maximum absolute atomic E-state index is 12.4. The van der Waals surface area contributed by atoms with E-state index >= 15 is 0 Å². The number of aromatic nitrogens is 1. The maximum atomic E-state index is 12.4. The first-order valence-corrected chi connectivity index (χ1v) is 13.3. The molecule has 0 spiro atoms. The number of carboxylic acids is 1. The molecule has 1 aliphatic heterocycles. The first kappa shape index (κ1) is 27.0. The Bertz CT molecular complexity index is 1490. The van der Waals surface area contributed by atoms with Crippen LogP contribution in [0.4, 0.5) is 4.79 Å². The lowest BCUT2D eigenvalue weighted by Crippen LogP contribution is -2.48. The standard InChI is InChI=1S/C32H33N3O5/c1-31(29(36)37,40-27-9-4-3-5-10-27)20-23-12-16-26(17-13-23)39-19-18-32(22-33-30(38)35(32)2)21-25-15-14-24-8-6-7-11-28(24)34-25/h3-17H,18-22H2,1-2H3,(H,33,38)(H,36,37). The number of carbonyl (C=O) groups excluding carboxylic acids is 1. The Kier molecular flexibility index (Phi) is 7.60. The molecule has 8 heteroatoms. The smallest absolute Gasteiger partial charge is 0.348 e. The number of benzene rings is 3. The molecular weight excluding hydrogens is 506 g/mol. The highest BCUT2D eigenvalue weighted by Gasteiger charge is 2.43. The first-order chi connectivity index (χ1) is 19.3. The number of aliphatic carboxylic acids is 1. The van der Waals surface area contributed by atoms with Crippen molar-refractivity contribution in [2.24, 2.45) is 0 Å². The summed E-state index contributed by atoms with van der Waals surface area (Å²) in [5.74, 6) is 0.139. The van der Waals surface area contributed by atoms with Gasteiger partial charge in [0.05, 0.1) is 17.7 Å². The highest BCUT2D eigenvalue weighted by Crippen LogP contribution is 2.29. The van der Waals surface area contributed by atoms with Crippen molar-refractivity contribution >= 4 is 22.9 Å². The third-order valence-electron chi connectivity index (χ3n) is 7.59. The van der Waals surface area contributed by atoms with Crippen LogP contribution in [0.15, 0.2) is 91.0 Å². The lowest BCUT2D eigenvalue weighted by Gasteiger charge is -2.34. The van der Waals surface area contributed by atoms with Crippen LogP contribution in [-0.4, -0.2) is 58.3 Å². The van der Waals surface area contributed by atoms with Crippen molar-refractivity contribution in [3.63, 3.8) is 0 Å². The van der Waals surface area contributed by atoms with Crippen LogP contribution >= 0.6 is 0 Å². The van der Waals surface area contributed by atoms with Crippen molar-refractivity contribution in [1.82, 2.24) is 15.2 Å². The molecule has 2 amide bonds. The van der Waals surface area contributed by atoms with Gasteiger partial charge in [0.2, 0.25) is 5.60 Å². The summed E-state index contributed by atoms with van der Waals surface area (Å²) in [6.45, 7) is 2.48. The second-order valence-electron chi connectivity index (χ2n) is 10.5. The normalized spacial score (nSPS) is 18.2. The number of amides is 2. The third kappa shape index (κ3) is 5.86. The monoisotopic (exact) mass is 539 g/mol. The van der Waals surface area contributed by atoms with Crippen molar-refractivity contribution in [3.8, 4) is 11.5 Å². The van der Waals surface area contributed by atoms with Gasteiger partial charge in [-0.05, 0) is 48.9 Å². The van der Waals surface area contributed by atoms with Crippen molar-refractivity contribution < 1.29 is 24.2 Å². The fourth-order valence-corrected chi connectivity index (χ4v) is 5.12. The SMILES string of the molecule is CN1C(=O)NCC1(CCOc1ccc(CC(C)(Oc2ccccc2)C(=O)O)cc1)Cc1ccc2ccccc2n1. The molecule has 2 N–H and O–H groups in total. The van der Waals surface area contributed by atoms with Gasteiger partial charge in [0.25, 0.3) is 0 Å². The van der Waals surface area contributed by atoms with E-state index < -0.39 is 17.1 Å². The van der Waals surface area contributed by atoms with Gasteiger partial charge >= 0.3 is 12.0 Å². The summed E-state index contributed by atoms with van der Waals surface area (Å²) < 4.78 is 11.9. The Morgan fingerprint density at radius 2 is 1.73 bits per heavy atom. The number of nitrogens with one attached hydrogen (secondary N) is 1. The summed E-state index contributed by atoms with van der Waals surface area (Å²) in [6, 6.07) is 28.3. The summed E-state index contributed by atoms with van der Waals surface area (Å²) in [5.41, 5.74) is 0.784. The van der Waals surface area contributed by atoms with E-state index in [1.54, 1.807) is 24.0 Å². The Morgan fingerprint density at radius 1 is 1.00 bits per heavy atom. The molecule has 206 valence electrons. The van der Waals surface area contributed by atoms with Crippen molar-refractivity contribution in [1.29, 1.82) is 0 Å². The van der Waals surface area contributed by atoms with Gasteiger partial charge in [-0.3, -0.25) is 4.98 Å². The van der Waals surface area contributed by atoms with Gasteiger partial charge in [0, 0.05) is 43.9 Å². The van der Waals surface area contributed by atoms with Crippen molar-refractivity contribution in [3.05, 3.63) is 102 Å². The molecule has 3 aromatic carbocycles. The minimum atomic E-state index is -1.42. The zero-order chi connectivity index (χ0) is 28.2. The molecule has 2 heterocycles. The Labute approximate surface area is 233 Å². The number of ether oxygens (including phenoxy) is 2. The number of nitrogens with zero attached hydrogens (tertiary/aromatic N) is 2. The fraction of sp³-hybridized carbons (Fsp3) is 0.281. The number of hydrogen-bond acceptors (Lipinski definition) is 5.